The first-order chi connectivity index (χ1) is 14.3. The van der Waals surface area contributed by atoms with Crippen molar-refractivity contribution in [3.63, 3.8) is 0 Å². The molecule has 6 heteroatoms. The van der Waals surface area contributed by atoms with Crippen LogP contribution in [0, 0.1) is 11.8 Å². The molecule has 2 aromatic heterocycles. The quantitative estimate of drug-likeness (QED) is 0.792. The Labute approximate surface area is 170 Å². The van der Waals surface area contributed by atoms with Crippen molar-refractivity contribution in [1.82, 2.24) is 20.0 Å². The number of aromatic amines is 1. The maximum absolute atomic E-state index is 13.5. The lowest BCUT2D eigenvalue weighted by Crippen LogP contribution is -2.60. The molecule has 1 aliphatic carbocycles. The smallest absolute Gasteiger partial charge is 0.274 e. The van der Waals surface area contributed by atoms with Crippen LogP contribution < -0.4 is 0 Å². The summed E-state index contributed by atoms with van der Waals surface area (Å²) in [6.07, 6.45) is 11.7. The van der Waals surface area contributed by atoms with Crippen molar-refractivity contribution in [2.75, 3.05) is 19.6 Å². The Hall–Kier alpha value is -2.34. The van der Waals surface area contributed by atoms with Crippen LogP contribution in [0.5, 0.6) is 0 Å². The maximum Gasteiger partial charge on any atom is 0.274 e. The molecule has 29 heavy (non-hydrogen) atoms. The lowest BCUT2D eigenvalue weighted by atomic mass is 9.68. The normalized spacial score (nSPS) is 31.7. The lowest BCUT2D eigenvalue weighted by Gasteiger charge is -2.54. The third-order valence-electron chi connectivity index (χ3n) is 7.50. The van der Waals surface area contributed by atoms with Crippen molar-refractivity contribution in [3.05, 3.63) is 41.8 Å². The van der Waals surface area contributed by atoms with Gasteiger partial charge in [0.1, 0.15) is 5.69 Å². The fraction of sp³-hybridized carbons (Fsp3) is 0.565. The van der Waals surface area contributed by atoms with Crippen molar-refractivity contribution >= 4 is 5.91 Å². The first kappa shape index (κ1) is 17.5. The number of aromatic nitrogens is 2. The number of rotatable bonds is 2. The van der Waals surface area contributed by atoms with Crippen LogP contribution in [-0.4, -0.2) is 57.6 Å². The van der Waals surface area contributed by atoms with Gasteiger partial charge in [-0.3, -0.25) is 14.8 Å². The molecule has 5 heterocycles. The van der Waals surface area contributed by atoms with E-state index in [1.807, 2.05) is 18.2 Å². The van der Waals surface area contributed by atoms with Crippen LogP contribution in [0.2, 0.25) is 0 Å². The lowest BCUT2D eigenvalue weighted by molar-refractivity contribution is 0.00131. The predicted octanol–water partition coefficient (Wildman–Crippen LogP) is 3.70. The molecule has 2 aromatic rings. The van der Waals surface area contributed by atoms with E-state index < -0.39 is 0 Å². The molecule has 6 nitrogen and oxygen atoms in total. The fourth-order valence-electron chi connectivity index (χ4n) is 6.34. The summed E-state index contributed by atoms with van der Waals surface area (Å²) in [4.78, 5) is 18.3. The number of furan rings is 1. The molecule has 6 rings (SSSR count). The number of nitrogens with one attached hydrogen (secondary N) is 1. The van der Waals surface area contributed by atoms with E-state index in [1.54, 1.807) is 6.26 Å². The van der Waals surface area contributed by atoms with Gasteiger partial charge < -0.3 is 9.32 Å². The third-order valence-corrected chi connectivity index (χ3v) is 7.50. The number of hydrogen-bond acceptors (Lipinski definition) is 4. The fourth-order valence-corrected chi connectivity index (χ4v) is 6.34. The Morgan fingerprint density at radius 2 is 2.21 bits per heavy atom. The van der Waals surface area contributed by atoms with Gasteiger partial charge in [-0.05, 0) is 62.6 Å². The van der Waals surface area contributed by atoms with Crippen molar-refractivity contribution in [2.24, 2.45) is 11.8 Å². The van der Waals surface area contributed by atoms with E-state index in [1.165, 1.54) is 37.8 Å². The number of nitrogens with zero attached hydrogens (tertiary/aromatic N) is 3. The first-order valence-corrected chi connectivity index (χ1v) is 11.1. The number of amides is 1. The predicted molar refractivity (Wildman–Crippen MR) is 109 cm³/mol. The molecule has 1 amide bonds. The molecule has 3 saturated heterocycles. The average molecular weight is 393 g/mol. The van der Waals surface area contributed by atoms with Gasteiger partial charge in [0.25, 0.3) is 5.91 Å². The Morgan fingerprint density at radius 1 is 1.24 bits per heavy atom. The molecule has 0 aromatic carbocycles. The summed E-state index contributed by atoms with van der Waals surface area (Å²) in [7, 11) is 0. The summed E-state index contributed by atoms with van der Waals surface area (Å²) in [5.74, 6) is 2.00. The molecule has 0 radical (unpaired) electrons. The van der Waals surface area contributed by atoms with Crippen LogP contribution in [-0.2, 0) is 0 Å². The number of carbonyl (C=O) groups excluding carboxylic acids is 1. The molecule has 4 aliphatic rings. The molecule has 3 aliphatic heterocycles. The molecule has 0 spiro atoms. The van der Waals surface area contributed by atoms with Crippen molar-refractivity contribution in [2.45, 2.75) is 50.6 Å². The van der Waals surface area contributed by atoms with Crippen LogP contribution in [0.3, 0.4) is 0 Å². The van der Waals surface area contributed by atoms with Crippen molar-refractivity contribution in [3.8, 4) is 11.5 Å². The highest BCUT2D eigenvalue weighted by atomic mass is 16.3. The van der Waals surface area contributed by atoms with Gasteiger partial charge in [0.05, 0.1) is 12.3 Å². The van der Waals surface area contributed by atoms with E-state index in [9.17, 15) is 4.79 Å². The first-order valence-electron chi connectivity index (χ1n) is 11.1. The van der Waals surface area contributed by atoms with Gasteiger partial charge in [-0.1, -0.05) is 18.1 Å². The van der Waals surface area contributed by atoms with E-state index >= 15 is 0 Å². The number of fused-ring (bicyclic) bond motifs is 6. The topological polar surface area (TPSA) is 65.4 Å². The van der Waals surface area contributed by atoms with E-state index in [0.717, 1.165) is 37.7 Å². The standard InChI is InChI=1S/C23H28N4O2/c28-23(19-13-18(24-25-19)21-7-4-10-29-21)27-9-3-5-15-11-16-12-17(22(15)27)14-26-8-2-1-6-20(16)26/h4,7,10-11,13,16-17,20,22H,1-3,5-6,8-9,12,14H2,(H,24,25)/t16-,17+,20-,22-/m0/s1. The molecular weight excluding hydrogens is 364 g/mol. The highest BCUT2D eigenvalue weighted by Gasteiger charge is 2.47. The van der Waals surface area contributed by atoms with E-state index in [0.29, 0.717) is 23.3 Å². The molecule has 1 N–H and O–H groups in total. The molecule has 0 unspecified atom stereocenters. The van der Waals surface area contributed by atoms with Crippen molar-refractivity contribution in [1.29, 1.82) is 0 Å². The van der Waals surface area contributed by atoms with Gasteiger partial charge in [0, 0.05) is 25.2 Å². The summed E-state index contributed by atoms with van der Waals surface area (Å²) in [5.41, 5.74) is 2.76. The second kappa shape index (κ2) is 6.87. The van der Waals surface area contributed by atoms with Crippen LogP contribution in [0.25, 0.3) is 11.5 Å². The van der Waals surface area contributed by atoms with Crippen molar-refractivity contribution < 1.29 is 9.21 Å². The molecular formula is C23H28N4O2. The summed E-state index contributed by atoms with van der Waals surface area (Å²) in [5, 5.41) is 7.29. The second-order valence-corrected chi connectivity index (χ2v) is 9.15. The van der Waals surface area contributed by atoms with E-state index in [2.05, 4.69) is 26.1 Å². The summed E-state index contributed by atoms with van der Waals surface area (Å²) >= 11 is 0. The van der Waals surface area contributed by atoms with Gasteiger partial charge >= 0.3 is 0 Å². The molecule has 2 bridgehead atoms. The summed E-state index contributed by atoms with van der Waals surface area (Å²) < 4.78 is 5.44. The third kappa shape index (κ3) is 2.88. The Kier molecular flexibility index (Phi) is 4.15. The summed E-state index contributed by atoms with van der Waals surface area (Å²) in [6, 6.07) is 6.53. The van der Waals surface area contributed by atoms with Gasteiger partial charge in [-0.25, -0.2) is 0 Å². The Bertz CT molecular complexity index is 931. The Morgan fingerprint density at radius 3 is 3.10 bits per heavy atom. The van der Waals surface area contributed by atoms with Gasteiger partial charge in [-0.15, -0.1) is 0 Å². The SMILES string of the molecule is O=C(c1cc(-c2ccco2)[nH]n1)N1CCCC2=C[C@H]3C[C@H](CN4CCCC[C@@H]34)[C@H]21. The highest BCUT2D eigenvalue weighted by Crippen LogP contribution is 2.45. The monoisotopic (exact) mass is 392 g/mol. The minimum Gasteiger partial charge on any atom is -0.463 e. The minimum atomic E-state index is 0.0499. The maximum atomic E-state index is 13.5. The zero-order valence-electron chi connectivity index (χ0n) is 16.7. The molecule has 152 valence electrons. The van der Waals surface area contributed by atoms with Crippen LogP contribution in [0.15, 0.2) is 40.5 Å². The van der Waals surface area contributed by atoms with Gasteiger partial charge in [-0.2, -0.15) is 5.10 Å². The van der Waals surface area contributed by atoms with E-state index in [4.69, 9.17) is 4.42 Å². The Balaban J connectivity index is 1.29. The van der Waals surface area contributed by atoms with Crippen LogP contribution in [0.1, 0.15) is 49.0 Å². The number of H-pyrrole nitrogens is 1. The number of hydrogen-bond donors (Lipinski definition) is 1. The summed E-state index contributed by atoms with van der Waals surface area (Å²) in [6.45, 7) is 3.20. The minimum absolute atomic E-state index is 0.0499. The number of piperidine rings is 3. The largest absolute Gasteiger partial charge is 0.463 e. The zero-order valence-corrected chi connectivity index (χ0v) is 16.7. The zero-order chi connectivity index (χ0) is 19.4. The molecule has 3 fully saturated rings. The average Bonchev–Trinajstić information content (AvgIpc) is 3.45. The second-order valence-electron chi connectivity index (χ2n) is 9.15. The van der Waals surface area contributed by atoms with Gasteiger partial charge in [0.2, 0.25) is 0 Å². The number of carbonyl (C=O) groups is 1. The molecule has 4 atom stereocenters. The highest BCUT2D eigenvalue weighted by molar-refractivity contribution is 5.93. The van der Waals surface area contributed by atoms with E-state index in [-0.39, 0.29) is 11.9 Å². The van der Waals surface area contributed by atoms with Gasteiger partial charge in [0.15, 0.2) is 11.5 Å². The number of likely N-dealkylation sites (tertiary alicyclic amines) is 1. The molecule has 0 saturated carbocycles. The van der Waals surface area contributed by atoms with Crippen LogP contribution in [0.4, 0.5) is 0 Å². The van der Waals surface area contributed by atoms with Crippen LogP contribution >= 0.6 is 0 Å².